The molecule has 0 aliphatic heterocycles. The maximum atomic E-state index is 12.5. The van der Waals surface area contributed by atoms with Crippen molar-refractivity contribution in [2.24, 2.45) is 0 Å². The van der Waals surface area contributed by atoms with Crippen LogP contribution in [0.4, 0.5) is 0 Å². The smallest absolute Gasteiger partial charge is 0.353 e. The topological polar surface area (TPSA) is 79.2 Å². The van der Waals surface area contributed by atoms with Gasteiger partial charge in [0, 0.05) is 6.04 Å². The van der Waals surface area contributed by atoms with Gasteiger partial charge in [-0.3, -0.25) is 4.79 Å². The Morgan fingerprint density at radius 3 is 2.61 bits per heavy atom. The number of thiophene rings is 1. The van der Waals surface area contributed by atoms with Crippen LogP contribution in [0.2, 0.25) is 0 Å². The van der Waals surface area contributed by atoms with Crippen molar-refractivity contribution in [3.05, 3.63) is 57.8 Å². The van der Waals surface area contributed by atoms with Crippen molar-refractivity contribution < 1.29 is 14.3 Å². The monoisotopic (exact) mass is 394 g/mol. The number of nitrogens with zero attached hydrogens (tertiary/aromatic N) is 1. The van der Waals surface area contributed by atoms with Crippen LogP contribution in [0.3, 0.4) is 0 Å². The molecule has 0 saturated heterocycles. The number of rotatable bonds is 5. The van der Waals surface area contributed by atoms with Crippen molar-refractivity contribution in [3.8, 4) is 11.8 Å². The Labute approximate surface area is 168 Å². The number of nitriles is 1. The number of amides is 1. The van der Waals surface area contributed by atoms with E-state index in [1.807, 2.05) is 11.4 Å². The summed E-state index contributed by atoms with van der Waals surface area (Å²) in [5.41, 5.74) is 0.676. The van der Waals surface area contributed by atoms with E-state index in [1.165, 1.54) is 30.3 Å². The molecule has 1 heterocycles. The lowest BCUT2D eigenvalue weighted by Crippen LogP contribution is -2.35. The second-order valence-corrected chi connectivity index (χ2v) is 7.72. The van der Waals surface area contributed by atoms with Gasteiger partial charge in [-0.2, -0.15) is 5.26 Å². The Morgan fingerprint density at radius 2 is 1.93 bits per heavy atom. The lowest BCUT2D eigenvalue weighted by atomic mass is 10.1. The quantitative estimate of drug-likeness (QED) is 0.262. The molecule has 1 saturated carbocycles. The number of ether oxygens (including phenoxy) is 1. The fraction of sp³-hybridized carbons (Fsp3) is 0.318. The number of carbonyl (C=O) groups is 2. The summed E-state index contributed by atoms with van der Waals surface area (Å²) in [5.74, 6) is -0.410. The predicted octanol–water partition coefficient (Wildman–Crippen LogP) is 4.71. The number of hydrogen-bond donors (Lipinski definition) is 1. The summed E-state index contributed by atoms with van der Waals surface area (Å²) in [7, 11) is 0. The zero-order chi connectivity index (χ0) is 19.8. The van der Waals surface area contributed by atoms with Gasteiger partial charge in [-0.15, -0.1) is 11.3 Å². The van der Waals surface area contributed by atoms with E-state index in [0.717, 1.165) is 25.7 Å². The van der Waals surface area contributed by atoms with Crippen LogP contribution >= 0.6 is 11.3 Å². The van der Waals surface area contributed by atoms with Crippen LogP contribution in [0.15, 0.2) is 47.4 Å². The molecule has 1 aliphatic carbocycles. The van der Waals surface area contributed by atoms with Crippen LogP contribution < -0.4 is 10.1 Å². The molecule has 1 fully saturated rings. The van der Waals surface area contributed by atoms with E-state index in [0.29, 0.717) is 16.2 Å². The molecule has 0 radical (unpaired) electrons. The van der Waals surface area contributed by atoms with Crippen LogP contribution in [-0.4, -0.2) is 17.9 Å². The van der Waals surface area contributed by atoms with Crippen LogP contribution in [0, 0.1) is 11.3 Å². The summed E-state index contributed by atoms with van der Waals surface area (Å²) >= 11 is 1.31. The van der Waals surface area contributed by atoms with E-state index in [2.05, 4.69) is 5.32 Å². The first-order chi connectivity index (χ1) is 13.7. The number of hydrogen-bond acceptors (Lipinski definition) is 5. The molecule has 6 heteroatoms. The summed E-state index contributed by atoms with van der Waals surface area (Å²) < 4.78 is 5.37. The molecular weight excluding hydrogens is 372 g/mol. The summed E-state index contributed by atoms with van der Waals surface area (Å²) in [6, 6.07) is 12.4. The van der Waals surface area contributed by atoms with Gasteiger partial charge in [0.05, 0.1) is 0 Å². The van der Waals surface area contributed by atoms with Gasteiger partial charge in [0.1, 0.15) is 22.3 Å². The van der Waals surface area contributed by atoms with Gasteiger partial charge >= 0.3 is 5.97 Å². The Morgan fingerprint density at radius 1 is 1.14 bits per heavy atom. The Balaban J connectivity index is 1.68. The molecule has 1 aromatic carbocycles. The number of benzene rings is 1. The van der Waals surface area contributed by atoms with Gasteiger partial charge in [-0.25, -0.2) is 4.79 Å². The van der Waals surface area contributed by atoms with Crippen LogP contribution in [0.25, 0.3) is 6.08 Å². The third kappa shape index (κ3) is 5.54. The lowest BCUT2D eigenvalue weighted by Gasteiger charge is -2.15. The first-order valence-corrected chi connectivity index (χ1v) is 10.3. The highest BCUT2D eigenvalue weighted by molar-refractivity contribution is 7.12. The van der Waals surface area contributed by atoms with Gasteiger partial charge in [0.2, 0.25) is 0 Å². The van der Waals surface area contributed by atoms with Gasteiger partial charge in [-0.1, -0.05) is 43.9 Å². The third-order valence-corrected chi connectivity index (χ3v) is 5.51. The van der Waals surface area contributed by atoms with E-state index in [1.54, 1.807) is 36.4 Å². The molecule has 144 valence electrons. The van der Waals surface area contributed by atoms with E-state index in [-0.39, 0.29) is 17.5 Å². The molecule has 1 amide bonds. The minimum absolute atomic E-state index is 0.0472. The number of esters is 1. The first-order valence-electron chi connectivity index (χ1n) is 9.44. The van der Waals surface area contributed by atoms with Crippen molar-refractivity contribution in [2.75, 3.05) is 0 Å². The Kier molecular flexibility index (Phi) is 6.99. The molecule has 0 spiro atoms. The maximum Gasteiger partial charge on any atom is 0.353 e. The van der Waals surface area contributed by atoms with Crippen molar-refractivity contribution in [3.63, 3.8) is 0 Å². The molecule has 1 aliphatic rings. The number of nitrogens with one attached hydrogen (secondary N) is 1. The number of carbonyl (C=O) groups excluding carboxylic acids is 2. The fourth-order valence-corrected chi connectivity index (χ4v) is 3.82. The van der Waals surface area contributed by atoms with E-state index in [4.69, 9.17) is 4.74 Å². The molecule has 28 heavy (non-hydrogen) atoms. The van der Waals surface area contributed by atoms with Gasteiger partial charge in [0.15, 0.2) is 0 Å². The summed E-state index contributed by atoms with van der Waals surface area (Å²) in [6.45, 7) is 0. The largest absolute Gasteiger partial charge is 0.422 e. The molecule has 0 bridgehead atoms. The fourth-order valence-electron chi connectivity index (χ4n) is 3.22. The predicted molar refractivity (Wildman–Crippen MR) is 109 cm³/mol. The summed E-state index contributed by atoms with van der Waals surface area (Å²) in [5, 5.41) is 14.2. The maximum absolute atomic E-state index is 12.5. The van der Waals surface area contributed by atoms with Crippen LogP contribution in [0.1, 0.15) is 53.8 Å². The normalized spacial score (nSPS) is 15.3. The molecule has 3 rings (SSSR count). The van der Waals surface area contributed by atoms with Crippen molar-refractivity contribution in [2.45, 2.75) is 44.6 Å². The zero-order valence-corrected chi connectivity index (χ0v) is 16.3. The molecule has 0 unspecified atom stereocenters. The second-order valence-electron chi connectivity index (χ2n) is 6.77. The molecule has 5 nitrogen and oxygen atoms in total. The molecule has 1 N–H and O–H groups in total. The van der Waals surface area contributed by atoms with E-state index in [9.17, 15) is 14.9 Å². The van der Waals surface area contributed by atoms with Gasteiger partial charge in [0.25, 0.3) is 5.91 Å². The lowest BCUT2D eigenvalue weighted by molar-refractivity contribution is -0.117. The van der Waals surface area contributed by atoms with Gasteiger partial charge < -0.3 is 10.1 Å². The van der Waals surface area contributed by atoms with Gasteiger partial charge in [-0.05, 0) is 48.1 Å². The second kappa shape index (κ2) is 9.86. The SMILES string of the molecule is N#CC(=Cc1cccc(OC(=O)c2cccs2)c1)C(=O)NC1CCCCCC1. The van der Waals surface area contributed by atoms with Crippen LogP contribution in [-0.2, 0) is 4.79 Å². The standard InChI is InChI=1S/C22H22N2O3S/c23-15-17(21(25)24-18-8-3-1-2-4-9-18)13-16-7-5-10-19(14-16)27-22(26)20-11-6-12-28-20/h5-7,10-14,18H,1-4,8-9H2,(H,24,25). The minimum atomic E-state index is -0.428. The molecular formula is C22H22N2O3S. The summed E-state index contributed by atoms with van der Waals surface area (Å²) in [4.78, 5) is 25.1. The average molecular weight is 394 g/mol. The Bertz CT molecular complexity index is 889. The van der Waals surface area contributed by atoms with Crippen molar-refractivity contribution in [1.82, 2.24) is 5.32 Å². The highest BCUT2D eigenvalue weighted by Gasteiger charge is 2.17. The van der Waals surface area contributed by atoms with E-state index < -0.39 is 5.97 Å². The highest BCUT2D eigenvalue weighted by atomic mass is 32.1. The van der Waals surface area contributed by atoms with Crippen LogP contribution in [0.5, 0.6) is 5.75 Å². The molecule has 2 aromatic rings. The Hall–Kier alpha value is -2.91. The van der Waals surface area contributed by atoms with Crippen molar-refractivity contribution in [1.29, 1.82) is 5.26 Å². The molecule has 1 aromatic heterocycles. The summed E-state index contributed by atoms with van der Waals surface area (Å²) in [6.07, 6.45) is 8.04. The minimum Gasteiger partial charge on any atom is -0.422 e. The van der Waals surface area contributed by atoms with E-state index >= 15 is 0 Å². The average Bonchev–Trinajstić information content (AvgIpc) is 3.12. The molecule has 0 atom stereocenters. The third-order valence-electron chi connectivity index (χ3n) is 4.66. The zero-order valence-electron chi connectivity index (χ0n) is 15.5. The highest BCUT2D eigenvalue weighted by Crippen LogP contribution is 2.20. The first kappa shape index (κ1) is 19.8. The van der Waals surface area contributed by atoms with Crippen molar-refractivity contribution >= 4 is 29.3 Å².